The van der Waals surface area contributed by atoms with E-state index in [0.29, 0.717) is 36.3 Å². The molecule has 6 heteroatoms. The third-order valence-electron chi connectivity index (χ3n) is 6.63. The molecular formula is C26H31NO5. The predicted molar refractivity (Wildman–Crippen MR) is 121 cm³/mol. The highest BCUT2D eigenvalue weighted by Crippen LogP contribution is 2.48. The van der Waals surface area contributed by atoms with Crippen molar-refractivity contribution in [1.29, 1.82) is 0 Å². The summed E-state index contributed by atoms with van der Waals surface area (Å²) in [6.45, 7) is 8.14. The lowest BCUT2D eigenvalue weighted by Gasteiger charge is -2.41. The van der Waals surface area contributed by atoms with Crippen LogP contribution < -0.4 is 10.1 Å². The molecule has 1 aliphatic heterocycles. The van der Waals surface area contributed by atoms with E-state index in [1.165, 1.54) is 6.08 Å². The van der Waals surface area contributed by atoms with E-state index in [1.54, 1.807) is 25.1 Å². The summed E-state index contributed by atoms with van der Waals surface area (Å²) >= 11 is 0. The number of carbonyl (C=O) groups is 4. The van der Waals surface area contributed by atoms with E-state index in [0.717, 1.165) is 18.1 Å². The molecule has 2 bridgehead atoms. The molecule has 0 saturated heterocycles. The van der Waals surface area contributed by atoms with E-state index in [9.17, 15) is 19.2 Å². The standard InChI is InChI=1S/C26H31NO5/c1-5-18-16(4)20-14-21(19(18)9-7-15(3)28)23(29)10-12-25(30)32-24-11-8-17(13-22(20)24)26(31)27-6-2/h8,10-14,16,18-20H,5-7,9H2,1-4H3,(H,27,31)/b12-10-. The smallest absolute Gasteiger partial charge is 0.336 e. The maximum absolute atomic E-state index is 13.1. The molecule has 1 aromatic carbocycles. The predicted octanol–water partition coefficient (Wildman–Crippen LogP) is 4.15. The SMILES string of the molecule is CCNC(=O)c1ccc2c(c1)C1C=C(C(=O)/C=C\C(=O)O2)C(CCC(C)=O)C(CC)C1C. The number of nitrogens with one attached hydrogen (secondary N) is 1. The largest absolute Gasteiger partial charge is 0.423 e. The summed E-state index contributed by atoms with van der Waals surface area (Å²) in [5, 5.41) is 2.80. The summed E-state index contributed by atoms with van der Waals surface area (Å²) in [5.41, 5.74) is 1.84. The van der Waals surface area contributed by atoms with Crippen molar-refractivity contribution in [3.8, 4) is 5.75 Å². The minimum absolute atomic E-state index is 0.0576. The van der Waals surface area contributed by atoms with E-state index < -0.39 is 5.97 Å². The molecule has 0 spiro atoms. The lowest BCUT2D eigenvalue weighted by atomic mass is 9.63. The fourth-order valence-electron chi connectivity index (χ4n) is 5.04. The monoisotopic (exact) mass is 437 g/mol. The van der Waals surface area contributed by atoms with Crippen LogP contribution in [0.3, 0.4) is 0 Å². The Morgan fingerprint density at radius 3 is 2.53 bits per heavy atom. The van der Waals surface area contributed by atoms with Crippen LogP contribution in [0.15, 0.2) is 42.0 Å². The first-order chi connectivity index (χ1) is 15.3. The van der Waals surface area contributed by atoms with E-state index in [4.69, 9.17) is 4.74 Å². The maximum atomic E-state index is 13.1. The summed E-state index contributed by atoms with van der Waals surface area (Å²) in [5.74, 6) is -0.528. The Labute approximate surface area is 189 Å². The zero-order valence-corrected chi connectivity index (χ0v) is 19.1. The number of carbonyl (C=O) groups excluding carboxylic acids is 4. The van der Waals surface area contributed by atoms with Gasteiger partial charge in [0.05, 0.1) is 0 Å². The second-order valence-electron chi connectivity index (χ2n) is 8.66. The van der Waals surface area contributed by atoms with E-state index in [-0.39, 0.29) is 41.1 Å². The van der Waals surface area contributed by atoms with Crippen LogP contribution in [0.1, 0.15) is 68.8 Å². The normalized spacial score (nSPS) is 25.8. The second-order valence-corrected chi connectivity index (χ2v) is 8.66. The molecule has 1 aliphatic carbocycles. The van der Waals surface area contributed by atoms with Crippen LogP contribution in [0.25, 0.3) is 0 Å². The Hall–Kier alpha value is -3.02. The van der Waals surface area contributed by atoms with Gasteiger partial charge >= 0.3 is 5.97 Å². The van der Waals surface area contributed by atoms with Crippen molar-refractivity contribution in [1.82, 2.24) is 5.32 Å². The number of rotatable bonds is 6. The van der Waals surface area contributed by atoms with Gasteiger partial charge < -0.3 is 14.8 Å². The van der Waals surface area contributed by atoms with Gasteiger partial charge in [-0.1, -0.05) is 26.3 Å². The third-order valence-corrected chi connectivity index (χ3v) is 6.63. The van der Waals surface area contributed by atoms with Gasteiger partial charge in [0.25, 0.3) is 5.91 Å². The average molecular weight is 438 g/mol. The number of ether oxygens (including phenoxy) is 1. The van der Waals surface area contributed by atoms with Gasteiger partial charge in [-0.15, -0.1) is 0 Å². The summed E-state index contributed by atoms with van der Waals surface area (Å²) in [7, 11) is 0. The van der Waals surface area contributed by atoms with Gasteiger partial charge in [0.1, 0.15) is 11.5 Å². The van der Waals surface area contributed by atoms with E-state index in [2.05, 4.69) is 19.2 Å². The Kier molecular flexibility index (Phi) is 7.44. The maximum Gasteiger partial charge on any atom is 0.336 e. The van der Waals surface area contributed by atoms with Crippen molar-refractivity contribution in [2.75, 3.05) is 6.54 Å². The molecule has 0 saturated carbocycles. The molecule has 3 rings (SSSR count). The van der Waals surface area contributed by atoms with Gasteiger partial charge in [0.2, 0.25) is 0 Å². The quantitative estimate of drug-likeness (QED) is 0.533. The van der Waals surface area contributed by atoms with Crippen LogP contribution in [-0.4, -0.2) is 30.0 Å². The number of benzene rings is 1. The molecule has 1 aromatic rings. The summed E-state index contributed by atoms with van der Waals surface area (Å²) in [6, 6.07) is 5.06. The van der Waals surface area contributed by atoms with Crippen molar-refractivity contribution in [2.45, 2.75) is 52.9 Å². The van der Waals surface area contributed by atoms with Crippen molar-refractivity contribution in [3.63, 3.8) is 0 Å². The minimum Gasteiger partial charge on any atom is -0.423 e. The average Bonchev–Trinajstić information content (AvgIpc) is 2.76. The van der Waals surface area contributed by atoms with Gasteiger partial charge in [-0.3, -0.25) is 9.59 Å². The summed E-state index contributed by atoms with van der Waals surface area (Å²) < 4.78 is 5.55. The third kappa shape index (κ3) is 4.90. The Bertz CT molecular complexity index is 990. The Balaban J connectivity index is 2.17. The molecule has 32 heavy (non-hydrogen) atoms. The van der Waals surface area contributed by atoms with Crippen LogP contribution in [0.4, 0.5) is 0 Å². The van der Waals surface area contributed by atoms with Gasteiger partial charge in [-0.2, -0.15) is 0 Å². The molecule has 0 fully saturated rings. The Morgan fingerprint density at radius 2 is 1.88 bits per heavy atom. The number of amides is 1. The van der Waals surface area contributed by atoms with E-state index >= 15 is 0 Å². The molecular weight excluding hydrogens is 406 g/mol. The molecule has 1 heterocycles. The molecule has 6 nitrogen and oxygen atoms in total. The van der Waals surface area contributed by atoms with E-state index in [1.807, 2.05) is 13.0 Å². The molecule has 0 radical (unpaired) electrons. The van der Waals surface area contributed by atoms with Crippen LogP contribution in [-0.2, 0) is 14.4 Å². The number of esters is 1. The fraction of sp³-hybridized carbons (Fsp3) is 0.462. The topological polar surface area (TPSA) is 89.5 Å². The molecule has 4 unspecified atom stereocenters. The number of Topliss-reactive ketones (excluding diaryl/α,β-unsaturated/α-hetero) is 1. The molecule has 170 valence electrons. The first kappa shape index (κ1) is 23.6. The first-order valence-electron chi connectivity index (χ1n) is 11.3. The van der Waals surface area contributed by atoms with Gasteiger partial charge in [0.15, 0.2) is 5.78 Å². The van der Waals surface area contributed by atoms with Crippen molar-refractivity contribution in [2.24, 2.45) is 17.8 Å². The van der Waals surface area contributed by atoms with Crippen LogP contribution >= 0.6 is 0 Å². The minimum atomic E-state index is -0.633. The molecule has 0 aromatic heterocycles. The number of fused-ring (bicyclic) bond motifs is 3. The highest BCUT2D eigenvalue weighted by atomic mass is 16.5. The zero-order chi connectivity index (χ0) is 23.4. The highest BCUT2D eigenvalue weighted by molar-refractivity contribution is 6.07. The number of hydrogen-bond acceptors (Lipinski definition) is 5. The van der Waals surface area contributed by atoms with Crippen molar-refractivity contribution >= 4 is 23.4 Å². The van der Waals surface area contributed by atoms with Gasteiger partial charge in [-0.05, 0) is 67.9 Å². The first-order valence-corrected chi connectivity index (χ1v) is 11.3. The lowest BCUT2D eigenvalue weighted by Crippen LogP contribution is -2.34. The molecule has 4 atom stereocenters. The molecule has 2 aliphatic rings. The summed E-state index contributed by atoms with van der Waals surface area (Å²) in [6.07, 6.45) is 6.24. The fourth-order valence-corrected chi connectivity index (χ4v) is 5.04. The lowest BCUT2D eigenvalue weighted by molar-refractivity contribution is -0.129. The number of ketones is 2. The van der Waals surface area contributed by atoms with Crippen LogP contribution in [0.2, 0.25) is 0 Å². The van der Waals surface area contributed by atoms with Crippen molar-refractivity contribution in [3.05, 3.63) is 53.1 Å². The summed E-state index contributed by atoms with van der Waals surface area (Å²) in [4.78, 5) is 49.6. The van der Waals surface area contributed by atoms with Crippen LogP contribution in [0.5, 0.6) is 5.75 Å². The van der Waals surface area contributed by atoms with Gasteiger partial charge in [-0.25, -0.2) is 4.79 Å². The molecule has 1 amide bonds. The van der Waals surface area contributed by atoms with Crippen molar-refractivity contribution < 1.29 is 23.9 Å². The number of allylic oxidation sites excluding steroid dienone is 3. The molecule has 1 N–H and O–H groups in total. The number of hydrogen-bond donors (Lipinski definition) is 1. The van der Waals surface area contributed by atoms with Crippen LogP contribution in [0, 0.1) is 17.8 Å². The van der Waals surface area contributed by atoms with Gasteiger partial charge in [0, 0.05) is 36.1 Å². The Morgan fingerprint density at radius 1 is 1.12 bits per heavy atom. The zero-order valence-electron chi connectivity index (χ0n) is 19.1. The highest BCUT2D eigenvalue weighted by Gasteiger charge is 2.40. The second kappa shape index (κ2) is 10.1.